The fraction of sp³-hybridized carbons (Fsp3) is 0.409. The van der Waals surface area contributed by atoms with Gasteiger partial charge in [-0.3, -0.25) is 4.79 Å². The number of alkyl halides is 3. The normalized spacial score (nSPS) is 19.1. The standard InChI is InChI=1S/C22H20F3N5O3S/c23-22(24,25)13-27-32-11-20(31)30-7-5-14(6-8-30)21-28-18(12-34-21)17-9-19(33-29-17)16-4-2-1-3-15(16)10-26/h1-4,12-14,19H,5-9,11H2/b27-13+. The smallest absolute Gasteiger partial charge is 0.387 e. The molecule has 2 aliphatic heterocycles. The maximum absolute atomic E-state index is 12.1. The molecule has 1 saturated heterocycles. The zero-order valence-corrected chi connectivity index (χ0v) is 18.7. The molecule has 2 aliphatic rings. The van der Waals surface area contributed by atoms with Crippen molar-refractivity contribution in [2.24, 2.45) is 10.3 Å². The Morgan fingerprint density at radius 2 is 2.12 bits per heavy atom. The number of thiazole rings is 1. The topological polar surface area (TPSA) is 100 Å². The first kappa shape index (κ1) is 23.7. The van der Waals surface area contributed by atoms with Crippen LogP contribution in [-0.2, 0) is 14.5 Å². The molecule has 3 heterocycles. The number of nitrogens with zero attached hydrogens (tertiary/aromatic N) is 5. The van der Waals surface area contributed by atoms with Gasteiger partial charge in [-0.2, -0.15) is 18.4 Å². The van der Waals surface area contributed by atoms with Crippen molar-refractivity contribution in [1.82, 2.24) is 9.88 Å². The molecule has 1 unspecified atom stereocenters. The molecule has 0 aliphatic carbocycles. The van der Waals surface area contributed by atoms with E-state index in [-0.39, 0.29) is 18.2 Å². The second-order valence-corrected chi connectivity index (χ2v) is 8.70. The number of amides is 1. The van der Waals surface area contributed by atoms with Crippen LogP contribution in [0.15, 0.2) is 40.0 Å². The van der Waals surface area contributed by atoms with Crippen LogP contribution in [0.5, 0.6) is 0 Å². The Kier molecular flexibility index (Phi) is 7.12. The highest BCUT2D eigenvalue weighted by molar-refractivity contribution is 7.10. The molecular weight excluding hydrogens is 471 g/mol. The Bertz CT molecular complexity index is 1130. The van der Waals surface area contributed by atoms with E-state index >= 15 is 0 Å². The number of benzene rings is 1. The predicted octanol–water partition coefficient (Wildman–Crippen LogP) is 4.15. The summed E-state index contributed by atoms with van der Waals surface area (Å²) in [6.45, 7) is 0.387. The molecular formula is C22H20F3N5O3S. The van der Waals surface area contributed by atoms with Crippen LogP contribution in [0, 0.1) is 11.3 Å². The molecule has 4 rings (SSSR count). The van der Waals surface area contributed by atoms with E-state index in [0.29, 0.717) is 37.9 Å². The Morgan fingerprint density at radius 1 is 1.35 bits per heavy atom. The van der Waals surface area contributed by atoms with Gasteiger partial charge in [0.1, 0.15) is 11.9 Å². The van der Waals surface area contributed by atoms with Gasteiger partial charge in [0.2, 0.25) is 0 Å². The van der Waals surface area contributed by atoms with Gasteiger partial charge >= 0.3 is 6.18 Å². The molecule has 0 radical (unpaired) electrons. The summed E-state index contributed by atoms with van der Waals surface area (Å²) in [6, 6.07) is 9.44. The summed E-state index contributed by atoms with van der Waals surface area (Å²) >= 11 is 1.52. The summed E-state index contributed by atoms with van der Waals surface area (Å²) in [5.41, 5.74) is 2.82. The summed E-state index contributed by atoms with van der Waals surface area (Å²) in [4.78, 5) is 28.4. The first-order chi connectivity index (χ1) is 16.3. The maximum atomic E-state index is 12.1. The zero-order chi connectivity index (χ0) is 24.1. The van der Waals surface area contributed by atoms with Gasteiger partial charge in [-0.05, 0) is 18.9 Å². The molecule has 8 nitrogen and oxygen atoms in total. The number of carbonyl (C=O) groups excluding carboxylic acids is 1. The fourth-order valence-corrected chi connectivity index (χ4v) is 4.84. The van der Waals surface area contributed by atoms with Crippen LogP contribution < -0.4 is 0 Å². The average molecular weight is 491 g/mol. The van der Waals surface area contributed by atoms with Crippen molar-refractivity contribution in [2.75, 3.05) is 19.7 Å². The lowest BCUT2D eigenvalue weighted by Crippen LogP contribution is -2.39. The minimum absolute atomic E-state index is 0.171. The van der Waals surface area contributed by atoms with E-state index in [0.717, 1.165) is 22.0 Å². The molecule has 12 heteroatoms. The van der Waals surface area contributed by atoms with Gasteiger partial charge in [0.25, 0.3) is 5.91 Å². The number of halogens is 3. The van der Waals surface area contributed by atoms with E-state index in [1.807, 2.05) is 17.5 Å². The van der Waals surface area contributed by atoms with Crippen LogP contribution in [-0.4, -0.2) is 53.6 Å². The SMILES string of the molecule is N#Cc1ccccc1C1CC(c2csc(C3CCN(C(=O)CO/N=C/C(F)(F)F)CC3)n2)=NO1. The third-order valence-electron chi connectivity index (χ3n) is 5.57. The fourth-order valence-electron chi connectivity index (χ4n) is 3.84. The Morgan fingerprint density at radius 3 is 2.85 bits per heavy atom. The summed E-state index contributed by atoms with van der Waals surface area (Å²) in [6.07, 6.45) is -3.31. The van der Waals surface area contributed by atoms with Gasteiger partial charge in [0.05, 0.1) is 22.3 Å². The number of oxime groups is 2. The van der Waals surface area contributed by atoms with Gasteiger partial charge in [-0.1, -0.05) is 28.5 Å². The highest BCUT2D eigenvalue weighted by Gasteiger charge is 2.30. The lowest BCUT2D eigenvalue weighted by Gasteiger charge is -2.30. The van der Waals surface area contributed by atoms with Crippen LogP contribution in [0.3, 0.4) is 0 Å². The van der Waals surface area contributed by atoms with Crippen molar-refractivity contribution in [3.8, 4) is 6.07 Å². The third kappa shape index (κ3) is 5.72. The second-order valence-electron chi connectivity index (χ2n) is 7.81. The molecule has 1 aromatic heterocycles. The van der Waals surface area contributed by atoms with E-state index in [1.165, 1.54) is 11.3 Å². The van der Waals surface area contributed by atoms with Crippen LogP contribution >= 0.6 is 11.3 Å². The van der Waals surface area contributed by atoms with Crippen LogP contribution in [0.2, 0.25) is 0 Å². The molecule has 178 valence electrons. The van der Waals surface area contributed by atoms with E-state index < -0.39 is 18.7 Å². The molecule has 1 atom stereocenters. The minimum atomic E-state index is -4.58. The molecule has 0 saturated carbocycles. The maximum Gasteiger partial charge on any atom is 0.429 e. The Labute approximate surface area is 197 Å². The molecule has 1 fully saturated rings. The summed E-state index contributed by atoms with van der Waals surface area (Å²) < 4.78 is 36.0. The highest BCUT2D eigenvalue weighted by atomic mass is 32.1. The van der Waals surface area contributed by atoms with Crippen molar-refractivity contribution in [2.45, 2.75) is 37.5 Å². The number of aromatic nitrogens is 1. The molecule has 34 heavy (non-hydrogen) atoms. The Hall–Kier alpha value is -3.46. The van der Waals surface area contributed by atoms with Gasteiger partial charge < -0.3 is 14.6 Å². The van der Waals surface area contributed by atoms with Crippen molar-refractivity contribution in [1.29, 1.82) is 5.26 Å². The lowest BCUT2D eigenvalue weighted by atomic mass is 9.97. The zero-order valence-electron chi connectivity index (χ0n) is 17.9. The number of hydrogen-bond donors (Lipinski definition) is 0. The van der Waals surface area contributed by atoms with Crippen molar-refractivity contribution < 1.29 is 27.6 Å². The quantitative estimate of drug-likeness (QED) is 0.446. The van der Waals surface area contributed by atoms with E-state index in [1.54, 1.807) is 17.0 Å². The average Bonchev–Trinajstić information content (AvgIpc) is 3.51. The molecule has 2 aromatic rings. The largest absolute Gasteiger partial charge is 0.429 e. The molecule has 1 aromatic carbocycles. The Balaban J connectivity index is 1.28. The van der Waals surface area contributed by atoms with Gasteiger partial charge in [-0.25, -0.2) is 4.98 Å². The van der Waals surface area contributed by atoms with Crippen LogP contribution in [0.25, 0.3) is 0 Å². The summed E-state index contributed by atoms with van der Waals surface area (Å²) in [5.74, 6) is -0.233. The summed E-state index contributed by atoms with van der Waals surface area (Å²) in [7, 11) is 0. The van der Waals surface area contributed by atoms with Gasteiger partial charge in [0.15, 0.2) is 12.7 Å². The minimum Gasteiger partial charge on any atom is -0.387 e. The van der Waals surface area contributed by atoms with Crippen LogP contribution in [0.1, 0.15) is 53.1 Å². The lowest BCUT2D eigenvalue weighted by molar-refractivity contribution is -0.137. The van der Waals surface area contributed by atoms with E-state index in [9.17, 15) is 23.2 Å². The van der Waals surface area contributed by atoms with Crippen LogP contribution in [0.4, 0.5) is 13.2 Å². The number of rotatable bonds is 6. The van der Waals surface area contributed by atoms with Crippen molar-refractivity contribution in [3.05, 3.63) is 51.5 Å². The second kappa shape index (κ2) is 10.2. The molecule has 0 N–H and O–H groups in total. The number of piperidine rings is 1. The number of likely N-dealkylation sites (tertiary alicyclic amines) is 1. The predicted molar refractivity (Wildman–Crippen MR) is 117 cm³/mol. The monoisotopic (exact) mass is 491 g/mol. The number of nitriles is 1. The van der Waals surface area contributed by atoms with Gasteiger partial charge in [0, 0.05) is 36.4 Å². The third-order valence-corrected chi connectivity index (χ3v) is 6.58. The molecule has 0 spiro atoms. The van der Waals surface area contributed by atoms with E-state index in [2.05, 4.69) is 21.2 Å². The first-order valence-corrected chi connectivity index (χ1v) is 11.4. The molecule has 0 bridgehead atoms. The highest BCUT2D eigenvalue weighted by Crippen LogP contribution is 2.34. The molecule has 1 amide bonds. The first-order valence-electron chi connectivity index (χ1n) is 10.5. The van der Waals surface area contributed by atoms with E-state index in [4.69, 9.17) is 9.82 Å². The summed E-state index contributed by atoms with van der Waals surface area (Å²) in [5, 5.41) is 19.1. The van der Waals surface area contributed by atoms with Crippen molar-refractivity contribution >= 4 is 29.2 Å². The van der Waals surface area contributed by atoms with Gasteiger partial charge in [-0.15, -0.1) is 11.3 Å². The number of hydrogen-bond acceptors (Lipinski definition) is 8. The number of carbonyl (C=O) groups is 1. The van der Waals surface area contributed by atoms with Crippen molar-refractivity contribution in [3.63, 3.8) is 0 Å².